The summed E-state index contributed by atoms with van der Waals surface area (Å²) in [7, 11) is 8.22. The molecule has 1 aromatic carbocycles. The first-order valence-corrected chi connectivity index (χ1v) is 5.05. The smallest absolute Gasteiger partial charge is 0.335 e. The van der Waals surface area contributed by atoms with Crippen molar-refractivity contribution in [2.45, 2.75) is 0 Å². The van der Waals surface area contributed by atoms with Crippen LogP contribution in [0.25, 0.3) is 0 Å². The van der Waals surface area contributed by atoms with Crippen molar-refractivity contribution in [3.63, 3.8) is 0 Å². The van der Waals surface area contributed by atoms with Gasteiger partial charge >= 0.3 is 17.9 Å². The Bertz CT molecular complexity index is 378. The first-order valence-electron chi connectivity index (χ1n) is 3.91. The SMILES string of the molecule is ClCl.O=C(O)c1cc(C(=O)O)cc(C(=O)O)c1. The van der Waals surface area contributed by atoms with Crippen molar-refractivity contribution >= 4 is 39.6 Å². The second kappa shape index (κ2) is 6.72. The first kappa shape index (κ1) is 15.2. The van der Waals surface area contributed by atoms with Crippen molar-refractivity contribution in [1.29, 1.82) is 0 Å². The van der Waals surface area contributed by atoms with E-state index in [2.05, 4.69) is 21.7 Å². The molecule has 8 heteroatoms. The Morgan fingerprint density at radius 2 is 0.882 bits per heavy atom. The Morgan fingerprint density at radius 3 is 1.00 bits per heavy atom. The minimum atomic E-state index is -1.37. The number of benzene rings is 1. The fourth-order valence-electron chi connectivity index (χ4n) is 0.998. The second-order valence-corrected chi connectivity index (χ2v) is 2.71. The third kappa shape index (κ3) is 4.29. The molecule has 0 atom stereocenters. The van der Waals surface area contributed by atoms with Crippen molar-refractivity contribution in [3.05, 3.63) is 34.9 Å². The first-order chi connectivity index (χ1) is 7.91. The van der Waals surface area contributed by atoms with Crippen LogP contribution in [0, 0.1) is 0 Å². The lowest BCUT2D eigenvalue weighted by molar-refractivity contribution is 0.0696. The zero-order valence-corrected chi connectivity index (χ0v) is 9.57. The van der Waals surface area contributed by atoms with Crippen LogP contribution >= 0.6 is 21.7 Å². The fraction of sp³-hybridized carbons (Fsp3) is 0. The highest BCUT2D eigenvalue weighted by molar-refractivity contribution is 6.85. The molecule has 1 rings (SSSR count). The summed E-state index contributed by atoms with van der Waals surface area (Å²) in [6.45, 7) is 0. The highest BCUT2D eigenvalue weighted by atomic mass is 36.5. The third-order valence-corrected chi connectivity index (χ3v) is 1.67. The lowest BCUT2D eigenvalue weighted by atomic mass is 10.1. The van der Waals surface area contributed by atoms with Crippen LogP contribution in [0.5, 0.6) is 0 Å². The van der Waals surface area contributed by atoms with Crippen LogP contribution in [-0.4, -0.2) is 33.2 Å². The van der Waals surface area contributed by atoms with E-state index >= 15 is 0 Å². The maximum atomic E-state index is 10.6. The minimum Gasteiger partial charge on any atom is -0.478 e. The number of aromatic carboxylic acids is 3. The number of carbonyl (C=O) groups is 3. The van der Waals surface area contributed by atoms with Gasteiger partial charge in [0.1, 0.15) is 0 Å². The molecule has 0 bridgehead atoms. The van der Waals surface area contributed by atoms with Crippen LogP contribution in [0.3, 0.4) is 0 Å². The highest BCUT2D eigenvalue weighted by Gasteiger charge is 2.14. The largest absolute Gasteiger partial charge is 0.478 e. The number of halogens is 2. The summed E-state index contributed by atoms with van der Waals surface area (Å²) in [5, 5.41) is 25.8. The number of hydrogen-bond acceptors (Lipinski definition) is 3. The molecule has 0 radical (unpaired) electrons. The van der Waals surface area contributed by atoms with Gasteiger partial charge in [-0.3, -0.25) is 0 Å². The van der Waals surface area contributed by atoms with Gasteiger partial charge in [0, 0.05) is 21.7 Å². The monoisotopic (exact) mass is 280 g/mol. The predicted octanol–water partition coefficient (Wildman–Crippen LogP) is 2.16. The molecular weight excluding hydrogens is 275 g/mol. The van der Waals surface area contributed by atoms with Crippen molar-refractivity contribution in [3.8, 4) is 0 Å². The van der Waals surface area contributed by atoms with E-state index in [-0.39, 0.29) is 16.7 Å². The Kier molecular flexibility index (Phi) is 6.01. The summed E-state index contributed by atoms with van der Waals surface area (Å²) < 4.78 is 0. The van der Waals surface area contributed by atoms with Crippen LogP contribution in [0.4, 0.5) is 0 Å². The molecule has 0 saturated heterocycles. The second-order valence-electron chi connectivity index (χ2n) is 2.71. The molecule has 0 amide bonds. The predicted molar refractivity (Wildman–Crippen MR) is 59.0 cm³/mol. The van der Waals surface area contributed by atoms with Gasteiger partial charge in [-0.1, -0.05) is 0 Å². The summed E-state index contributed by atoms with van der Waals surface area (Å²) in [6, 6.07) is 2.70. The molecule has 92 valence electrons. The molecule has 0 spiro atoms. The van der Waals surface area contributed by atoms with Crippen LogP contribution in [-0.2, 0) is 0 Å². The summed E-state index contributed by atoms with van der Waals surface area (Å²) in [4.78, 5) is 31.7. The average molecular weight is 281 g/mol. The maximum Gasteiger partial charge on any atom is 0.335 e. The normalized spacial score (nSPS) is 8.82. The van der Waals surface area contributed by atoms with E-state index in [0.717, 1.165) is 18.2 Å². The maximum absolute atomic E-state index is 10.6. The van der Waals surface area contributed by atoms with E-state index < -0.39 is 17.9 Å². The molecule has 0 heterocycles. The van der Waals surface area contributed by atoms with E-state index in [1.54, 1.807) is 0 Å². The zero-order chi connectivity index (χ0) is 13.6. The highest BCUT2D eigenvalue weighted by Crippen LogP contribution is 2.11. The quantitative estimate of drug-likeness (QED) is 0.782. The molecular formula is C9H6Cl2O6. The van der Waals surface area contributed by atoms with E-state index in [9.17, 15) is 14.4 Å². The van der Waals surface area contributed by atoms with Gasteiger partial charge in [0.15, 0.2) is 0 Å². The van der Waals surface area contributed by atoms with Gasteiger partial charge in [0.2, 0.25) is 0 Å². The van der Waals surface area contributed by atoms with Gasteiger partial charge in [-0.25, -0.2) is 14.4 Å². The van der Waals surface area contributed by atoms with Crippen molar-refractivity contribution < 1.29 is 29.7 Å². The Balaban J connectivity index is 0.00000121. The van der Waals surface area contributed by atoms with Gasteiger partial charge < -0.3 is 15.3 Å². The molecule has 0 aromatic heterocycles. The molecule has 0 aliphatic heterocycles. The molecule has 0 saturated carbocycles. The molecule has 3 N–H and O–H groups in total. The number of hydrogen-bond donors (Lipinski definition) is 3. The van der Waals surface area contributed by atoms with E-state index in [4.69, 9.17) is 15.3 Å². The Hall–Kier alpha value is -1.79. The fourth-order valence-corrected chi connectivity index (χ4v) is 0.998. The van der Waals surface area contributed by atoms with Gasteiger partial charge in [-0.15, -0.1) is 0 Å². The minimum absolute atomic E-state index is 0.368. The van der Waals surface area contributed by atoms with Crippen molar-refractivity contribution in [2.75, 3.05) is 0 Å². The van der Waals surface area contributed by atoms with E-state index in [1.165, 1.54) is 0 Å². The molecule has 0 unspecified atom stereocenters. The average Bonchev–Trinajstić information content (AvgIpc) is 2.30. The van der Waals surface area contributed by atoms with Crippen LogP contribution in [0.2, 0.25) is 0 Å². The number of carboxylic acids is 3. The summed E-state index contributed by atoms with van der Waals surface area (Å²) in [6.07, 6.45) is 0. The summed E-state index contributed by atoms with van der Waals surface area (Å²) in [5.74, 6) is -4.12. The molecule has 17 heavy (non-hydrogen) atoms. The van der Waals surface area contributed by atoms with Gasteiger partial charge in [-0.2, -0.15) is 0 Å². The van der Waals surface area contributed by atoms with Crippen LogP contribution in [0.1, 0.15) is 31.1 Å². The zero-order valence-electron chi connectivity index (χ0n) is 8.05. The number of rotatable bonds is 3. The topological polar surface area (TPSA) is 112 Å². The Labute approximate surface area is 105 Å². The summed E-state index contributed by atoms with van der Waals surface area (Å²) in [5.41, 5.74) is -1.10. The van der Waals surface area contributed by atoms with E-state index in [1.807, 2.05) is 0 Å². The van der Waals surface area contributed by atoms with Gasteiger partial charge in [-0.05, 0) is 18.2 Å². The standard InChI is InChI=1S/C9H6O6.Cl2/c10-7(11)4-1-5(8(12)13)3-6(2-4)9(14)15;1-2/h1-3H,(H,10,11)(H,12,13)(H,14,15);. The molecule has 0 fully saturated rings. The molecule has 6 nitrogen and oxygen atoms in total. The number of carboxylic acid groups (broad SMARTS) is 3. The summed E-state index contributed by atoms with van der Waals surface area (Å²) >= 11 is 0. The lowest BCUT2D eigenvalue weighted by Gasteiger charge is -2.00. The van der Waals surface area contributed by atoms with Gasteiger partial charge in [0.05, 0.1) is 16.7 Å². The van der Waals surface area contributed by atoms with Crippen molar-refractivity contribution in [1.82, 2.24) is 0 Å². The Morgan fingerprint density at radius 1 is 0.706 bits per heavy atom. The molecule has 0 aliphatic rings. The molecule has 0 aliphatic carbocycles. The third-order valence-electron chi connectivity index (χ3n) is 1.67. The van der Waals surface area contributed by atoms with Crippen LogP contribution in [0.15, 0.2) is 18.2 Å². The van der Waals surface area contributed by atoms with E-state index in [0.29, 0.717) is 0 Å². The van der Waals surface area contributed by atoms with Crippen LogP contribution < -0.4 is 0 Å². The van der Waals surface area contributed by atoms with Crippen molar-refractivity contribution in [2.24, 2.45) is 0 Å². The lowest BCUT2D eigenvalue weighted by Crippen LogP contribution is -2.07. The van der Waals surface area contributed by atoms with Gasteiger partial charge in [0.25, 0.3) is 0 Å². The molecule has 1 aromatic rings.